The van der Waals surface area contributed by atoms with Gasteiger partial charge < -0.3 is 14.3 Å². The Morgan fingerprint density at radius 3 is 2.94 bits per heavy atom. The molecular formula is C23H20N8O2. The van der Waals surface area contributed by atoms with Gasteiger partial charge in [0.25, 0.3) is 0 Å². The van der Waals surface area contributed by atoms with Crippen LogP contribution in [0, 0.1) is 13.8 Å². The molecule has 0 radical (unpaired) electrons. The molecule has 5 aromatic heterocycles. The van der Waals surface area contributed by atoms with Crippen molar-refractivity contribution in [3.8, 4) is 11.5 Å². The maximum atomic E-state index is 13.6. The van der Waals surface area contributed by atoms with Gasteiger partial charge in [0.1, 0.15) is 6.04 Å². The second-order valence-electron chi connectivity index (χ2n) is 8.06. The number of hydrogen-bond donors (Lipinski definition) is 1. The van der Waals surface area contributed by atoms with E-state index < -0.39 is 6.04 Å². The Balaban J connectivity index is 1.41. The van der Waals surface area contributed by atoms with Crippen molar-refractivity contribution in [3.63, 3.8) is 0 Å². The number of aromatic nitrogens is 7. The molecule has 5 aromatic rings. The van der Waals surface area contributed by atoms with Gasteiger partial charge in [-0.3, -0.25) is 9.78 Å². The molecule has 0 aromatic carbocycles. The highest BCUT2D eigenvalue weighted by Gasteiger charge is 2.38. The molecule has 164 valence electrons. The fourth-order valence-electron chi connectivity index (χ4n) is 4.36. The van der Waals surface area contributed by atoms with Gasteiger partial charge in [-0.05, 0) is 43.7 Å². The largest absolute Gasteiger partial charge is 0.412 e. The van der Waals surface area contributed by atoms with Crippen LogP contribution in [0.2, 0.25) is 0 Å². The fourth-order valence-corrected chi connectivity index (χ4v) is 4.36. The summed E-state index contributed by atoms with van der Waals surface area (Å²) >= 11 is 0. The van der Waals surface area contributed by atoms with Gasteiger partial charge >= 0.3 is 11.8 Å². The first-order valence-electron chi connectivity index (χ1n) is 10.6. The molecule has 10 nitrogen and oxygen atoms in total. The number of carbonyl (C=O) groups excluding carboxylic acids is 1. The number of aryl methyl sites for hydroxylation is 2. The second kappa shape index (κ2) is 7.37. The zero-order valence-corrected chi connectivity index (χ0v) is 18.1. The van der Waals surface area contributed by atoms with Crippen LogP contribution in [0.3, 0.4) is 0 Å². The van der Waals surface area contributed by atoms with E-state index in [1.807, 2.05) is 48.8 Å². The molecule has 0 aliphatic carbocycles. The van der Waals surface area contributed by atoms with Crippen LogP contribution in [0.1, 0.15) is 45.1 Å². The predicted molar refractivity (Wildman–Crippen MR) is 117 cm³/mol. The Bertz CT molecular complexity index is 1500. The first-order valence-corrected chi connectivity index (χ1v) is 10.6. The Morgan fingerprint density at radius 2 is 2.09 bits per heavy atom. The van der Waals surface area contributed by atoms with E-state index >= 15 is 0 Å². The first-order chi connectivity index (χ1) is 16.1. The van der Waals surface area contributed by atoms with Crippen LogP contribution in [-0.4, -0.2) is 52.1 Å². The molecule has 0 spiro atoms. The summed E-state index contributed by atoms with van der Waals surface area (Å²) in [5, 5.41) is 12.9. The van der Waals surface area contributed by atoms with Gasteiger partial charge in [-0.15, -0.1) is 10.2 Å². The standard InChI is InChI=1S/C23H20N8O2/c1-13-5-4-9-31-18(13)11-17(29-31)20-19-16(25-12-26-19)7-10-30(20)23(32)22-28-27-21(33-22)15-6-3-8-24-14(15)2/h3-6,8-9,11-12,20H,7,10H2,1-2H3,(H,25,26)/t20-/m0/s1. The molecule has 33 heavy (non-hydrogen) atoms. The first kappa shape index (κ1) is 19.4. The normalized spacial score (nSPS) is 15.7. The highest BCUT2D eigenvalue weighted by molar-refractivity contribution is 5.90. The fraction of sp³-hybridized carbons (Fsp3) is 0.217. The maximum Gasteiger partial charge on any atom is 0.312 e. The van der Waals surface area contributed by atoms with Crippen molar-refractivity contribution in [1.29, 1.82) is 0 Å². The van der Waals surface area contributed by atoms with Gasteiger partial charge in [-0.25, -0.2) is 9.50 Å². The quantitative estimate of drug-likeness (QED) is 0.458. The number of hydrogen-bond acceptors (Lipinski definition) is 7. The lowest BCUT2D eigenvalue weighted by Gasteiger charge is -2.32. The zero-order valence-electron chi connectivity index (χ0n) is 18.1. The van der Waals surface area contributed by atoms with Crippen molar-refractivity contribution >= 4 is 11.4 Å². The lowest BCUT2D eigenvalue weighted by atomic mass is 9.99. The number of pyridine rings is 2. The van der Waals surface area contributed by atoms with Crippen LogP contribution in [0.4, 0.5) is 0 Å². The third-order valence-corrected chi connectivity index (χ3v) is 6.04. The third-order valence-electron chi connectivity index (χ3n) is 6.04. The number of carbonyl (C=O) groups is 1. The highest BCUT2D eigenvalue weighted by Crippen LogP contribution is 2.34. The molecule has 1 aliphatic rings. The smallest absolute Gasteiger partial charge is 0.312 e. The summed E-state index contributed by atoms with van der Waals surface area (Å²) < 4.78 is 7.61. The van der Waals surface area contributed by atoms with E-state index in [0.717, 1.165) is 33.9 Å². The molecule has 6 heterocycles. The molecule has 1 N–H and O–H groups in total. The van der Waals surface area contributed by atoms with Gasteiger partial charge in [-0.2, -0.15) is 5.10 Å². The van der Waals surface area contributed by atoms with Crippen molar-refractivity contribution in [2.24, 2.45) is 0 Å². The predicted octanol–water partition coefficient (Wildman–Crippen LogP) is 2.91. The van der Waals surface area contributed by atoms with E-state index in [9.17, 15) is 4.79 Å². The number of nitrogens with zero attached hydrogens (tertiary/aromatic N) is 7. The third kappa shape index (κ3) is 3.10. The summed E-state index contributed by atoms with van der Waals surface area (Å²) in [5.74, 6) is -0.166. The molecule has 0 saturated heterocycles. The molecular weight excluding hydrogens is 420 g/mol. The van der Waals surface area contributed by atoms with Crippen molar-refractivity contribution < 1.29 is 9.21 Å². The molecule has 1 amide bonds. The number of rotatable bonds is 3. The minimum atomic E-state index is -0.470. The topological polar surface area (TPSA) is 118 Å². The van der Waals surface area contributed by atoms with Gasteiger partial charge in [0.2, 0.25) is 5.89 Å². The van der Waals surface area contributed by atoms with Crippen LogP contribution in [0.5, 0.6) is 0 Å². The average molecular weight is 440 g/mol. The molecule has 0 saturated carbocycles. The van der Waals surface area contributed by atoms with Crippen molar-refractivity contribution in [2.75, 3.05) is 6.54 Å². The lowest BCUT2D eigenvalue weighted by molar-refractivity contribution is 0.0646. The van der Waals surface area contributed by atoms with Crippen molar-refractivity contribution in [2.45, 2.75) is 26.3 Å². The van der Waals surface area contributed by atoms with Crippen LogP contribution in [-0.2, 0) is 6.42 Å². The molecule has 0 unspecified atom stereocenters. The second-order valence-corrected chi connectivity index (χ2v) is 8.06. The van der Waals surface area contributed by atoms with Crippen LogP contribution in [0.15, 0.2) is 53.5 Å². The summed E-state index contributed by atoms with van der Waals surface area (Å²) in [7, 11) is 0. The maximum absolute atomic E-state index is 13.6. The Hall–Kier alpha value is -4.34. The molecule has 0 bridgehead atoms. The van der Waals surface area contributed by atoms with Crippen LogP contribution in [0.25, 0.3) is 17.0 Å². The van der Waals surface area contributed by atoms with Gasteiger partial charge in [0.15, 0.2) is 0 Å². The molecule has 1 aliphatic heterocycles. The number of fused-ring (bicyclic) bond motifs is 2. The van der Waals surface area contributed by atoms with Crippen molar-refractivity contribution in [1.82, 2.24) is 39.7 Å². The van der Waals surface area contributed by atoms with Gasteiger partial charge in [0, 0.05) is 36.7 Å². The summed E-state index contributed by atoms with van der Waals surface area (Å²) in [6, 6.07) is 9.14. The lowest BCUT2D eigenvalue weighted by Crippen LogP contribution is -2.41. The Labute approximate surface area is 188 Å². The van der Waals surface area contributed by atoms with Crippen LogP contribution >= 0.6 is 0 Å². The molecule has 0 fully saturated rings. The number of H-pyrrole nitrogens is 1. The Morgan fingerprint density at radius 1 is 1.18 bits per heavy atom. The average Bonchev–Trinajstić information content (AvgIpc) is 3.57. The Kier molecular flexibility index (Phi) is 4.32. The molecule has 10 heteroatoms. The SMILES string of the molecule is Cc1ncccc1-c1nnc(C(=O)N2CCc3[nH]cnc3[C@@H]2c2cc3c(C)cccn3n2)o1. The van der Waals surface area contributed by atoms with E-state index in [0.29, 0.717) is 18.5 Å². The molecule has 6 rings (SSSR count). The minimum absolute atomic E-state index is 0.0721. The zero-order chi connectivity index (χ0) is 22.5. The van der Waals surface area contributed by atoms with Crippen LogP contribution < -0.4 is 0 Å². The monoisotopic (exact) mass is 440 g/mol. The van der Waals surface area contributed by atoms with Gasteiger partial charge in [-0.1, -0.05) is 6.07 Å². The highest BCUT2D eigenvalue weighted by atomic mass is 16.4. The number of nitrogens with one attached hydrogen (secondary N) is 1. The summed E-state index contributed by atoms with van der Waals surface area (Å²) in [4.78, 5) is 27.2. The van der Waals surface area contributed by atoms with E-state index in [2.05, 4.69) is 25.1 Å². The molecule has 1 atom stereocenters. The summed E-state index contributed by atoms with van der Waals surface area (Å²) in [5.41, 5.74) is 6.03. The van der Waals surface area contributed by atoms with Crippen molar-refractivity contribution in [3.05, 3.63) is 83.3 Å². The number of imidazole rings is 1. The summed E-state index contributed by atoms with van der Waals surface area (Å²) in [6.45, 7) is 4.35. The van der Waals surface area contributed by atoms with E-state index in [4.69, 9.17) is 9.52 Å². The van der Waals surface area contributed by atoms with E-state index in [1.165, 1.54) is 0 Å². The van der Waals surface area contributed by atoms with E-state index in [-0.39, 0.29) is 17.7 Å². The van der Waals surface area contributed by atoms with E-state index in [1.54, 1.807) is 23.5 Å². The number of amides is 1. The minimum Gasteiger partial charge on any atom is -0.412 e. The summed E-state index contributed by atoms with van der Waals surface area (Å²) in [6.07, 6.45) is 5.89. The van der Waals surface area contributed by atoms with Gasteiger partial charge in [0.05, 0.1) is 28.8 Å². The number of aromatic amines is 1.